The second kappa shape index (κ2) is 29.3. The molecule has 0 heterocycles. The van der Waals surface area contributed by atoms with Gasteiger partial charge in [0.15, 0.2) is 0 Å². The van der Waals surface area contributed by atoms with Gasteiger partial charge in [0, 0.05) is 0 Å². The van der Waals surface area contributed by atoms with Gasteiger partial charge in [-0.1, -0.05) is 17.7 Å². The van der Waals surface area contributed by atoms with Crippen LogP contribution in [0.1, 0.15) is 5.56 Å². The van der Waals surface area contributed by atoms with Gasteiger partial charge in [-0.05, 0) is 0 Å². The van der Waals surface area contributed by atoms with E-state index in [1.165, 1.54) is 52.4 Å². The molecular weight excluding hydrogens is 462 g/mol. The van der Waals surface area contributed by atoms with Crippen molar-refractivity contribution in [2.45, 2.75) is 0 Å². The third-order valence-corrected chi connectivity index (χ3v) is 5.64. The quantitative estimate of drug-likeness (QED) is 0.0867. The summed E-state index contributed by atoms with van der Waals surface area (Å²) in [7, 11) is 22.3. The molecule has 0 radical (unpaired) electrons. The van der Waals surface area contributed by atoms with Gasteiger partial charge in [-0.15, -0.1) is 18.4 Å². The van der Waals surface area contributed by atoms with Crippen LogP contribution in [0, 0.1) is 0 Å². The largest absolute Gasteiger partial charge is 1.00 e. The van der Waals surface area contributed by atoms with E-state index in [0.29, 0.717) is 5.56 Å². The van der Waals surface area contributed by atoms with Crippen LogP contribution in [0.15, 0.2) is 55.1 Å². The molecular formula is C29H62Li2N6O+6. The average Bonchev–Trinajstić information content (AvgIpc) is 2.93. The molecule has 0 atom stereocenters. The van der Waals surface area contributed by atoms with Crippen LogP contribution in [-0.2, 0) is 0 Å². The molecule has 0 saturated carbocycles. The van der Waals surface area contributed by atoms with E-state index in [1.54, 1.807) is 41.5 Å². The topological polar surface area (TPSA) is 49.7 Å². The first-order chi connectivity index (χ1) is 16.8. The Kier molecular flexibility index (Phi) is 34.2. The van der Waals surface area contributed by atoms with Crippen molar-refractivity contribution in [2.75, 3.05) is 123 Å². The first-order valence-electron chi connectivity index (χ1n) is 13.5. The predicted octanol–water partition coefficient (Wildman–Crippen LogP) is -12.6. The molecule has 0 aromatic heterocycles. The van der Waals surface area contributed by atoms with Crippen molar-refractivity contribution in [3.63, 3.8) is 0 Å². The molecule has 0 spiro atoms. The average molecular weight is 525 g/mol. The first-order valence-corrected chi connectivity index (χ1v) is 13.5. The number of quaternary nitrogens is 6. The van der Waals surface area contributed by atoms with Gasteiger partial charge in [-0.2, -0.15) is 30.3 Å². The number of likely N-dealkylation sites (N-methyl/N-ethyl adjacent to an activating group) is 6. The Morgan fingerprint density at radius 2 is 0.947 bits per heavy atom. The van der Waals surface area contributed by atoms with Crippen molar-refractivity contribution in [3.05, 3.63) is 60.7 Å². The molecule has 0 fully saturated rings. The second-order valence-electron chi connectivity index (χ2n) is 11.1. The number of nitrogens with one attached hydrogen (secondary N) is 6. The molecule has 9 heteroatoms. The van der Waals surface area contributed by atoms with Crippen molar-refractivity contribution in [3.8, 4) is 0 Å². The fraction of sp³-hybridized carbons (Fsp3) is 0.621. The van der Waals surface area contributed by atoms with Gasteiger partial charge in [0.1, 0.15) is 52.4 Å². The molecule has 0 bridgehead atoms. The second-order valence-corrected chi connectivity index (χ2v) is 11.1. The van der Waals surface area contributed by atoms with E-state index in [9.17, 15) is 5.11 Å². The van der Waals surface area contributed by atoms with Crippen molar-refractivity contribution >= 4 is 5.76 Å². The Morgan fingerprint density at radius 1 is 0.579 bits per heavy atom. The summed E-state index contributed by atoms with van der Waals surface area (Å²) in [5, 5.41) is 10.9. The van der Waals surface area contributed by atoms with E-state index >= 15 is 0 Å². The Bertz CT molecular complexity index is 623. The van der Waals surface area contributed by atoms with Gasteiger partial charge in [-0.3, -0.25) is 0 Å². The number of hydrogen-bond acceptors (Lipinski definition) is 1. The fourth-order valence-corrected chi connectivity index (χ4v) is 2.92. The van der Waals surface area contributed by atoms with Gasteiger partial charge in [0.05, 0.1) is 70.5 Å². The molecule has 0 aliphatic rings. The first kappa shape index (κ1) is 44.3. The third kappa shape index (κ3) is 35.3. The SMILES string of the molecule is C=C([O-])c1ccccc[cH-]cc1.C[NH+](C)CC[NH+](C)CC[NH+](C)C.C[NH+](C)CC[NH+](C)CC[NH+](C)C.[Li+].[Li+]. The van der Waals surface area contributed by atoms with Gasteiger partial charge in [0.25, 0.3) is 0 Å². The monoisotopic (exact) mass is 525 g/mol. The van der Waals surface area contributed by atoms with Crippen LogP contribution < -0.4 is 72.2 Å². The van der Waals surface area contributed by atoms with E-state index in [2.05, 4.69) is 77.1 Å². The maximum Gasteiger partial charge on any atom is 1.00 e. The maximum absolute atomic E-state index is 10.9. The molecule has 0 saturated heterocycles. The van der Waals surface area contributed by atoms with Crippen molar-refractivity contribution in [2.24, 2.45) is 0 Å². The third-order valence-electron chi connectivity index (χ3n) is 5.64. The Labute approximate surface area is 260 Å². The van der Waals surface area contributed by atoms with E-state index in [-0.39, 0.29) is 43.5 Å². The minimum Gasteiger partial charge on any atom is -0.873 e. The summed E-state index contributed by atoms with van der Waals surface area (Å²) in [6.45, 7) is 13.6. The standard InChI is InChI=1S/C11H11O.2C9H23N3.2Li/c1-10(12)11-8-6-4-2-3-5-7-9-11;2*1-10(2)6-8-12(5)9-7-11(3)4;;/h2-9,12H,1H2;2*6-9H2,1-5H3;;/q-1;;;2*+1/p+5. The van der Waals surface area contributed by atoms with E-state index in [4.69, 9.17) is 0 Å². The van der Waals surface area contributed by atoms with Gasteiger partial charge < -0.3 is 34.5 Å². The molecule has 1 aromatic carbocycles. The number of hydrogen-bond donors (Lipinski definition) is 6. The molecule has 0 amide bonds. The minimum atomic E-state index is -0.161. The Hall–Kier alpha value is -0.675. The van der Waals surface area contributed by atoms with E-state index in [0.717, 1.165) is 0 Å². The smallest absolute Gasteiger partial charge is 0.873 e. The molecule has 210 valence electrons. The van der Waals surface area contributed by atoms with Crippen molar-refractivity contribution < 1.29 is 72.2 Å². The zero-order valence-corrected chi connectivity index (χ0v) is 27.4. The molecule has 0 aliphatic carbocycles. The van der Waals surface area contributed by atoms with Crippen LogP contribution in [0.3, 0.4) is 0 Å². The summed E-state index contributed by atoms with van der Waals surface area (Å²) < 4.78 is 0. The molecule has 6 N–H and O–H groups in total. The van der Waals surface area contributed by atoms with Crippen LogP contribution in [-0.4, -0.2) is 123 Å². The Balaban J connectivity index is -0.000000222. The fourth-order valence-electron chi connectivity index (χ4n) is 2.92. The Morgan fingerprint density at radius 3 is 1.26 bits per heavy atom. The molecule has 1 rings (SSSR count). The number of rotatable bonds is 13. The zero-order chi connectivity index (χ0) is 27.9. The van der Waals surface area contributed by atoms with Crippen molar-refractivity contribution in [1.82, 2.24) is 0 Å². The summed E-state index contributed by atoms with van der Waals surface area (Å²) >= 11 is 0. The summed E-state index contributed by atoms with van der Waals surface area (Å²) in [6.07, 6.45) is 0. The van der Waals surface area contributed by atoms with Gasteiger partial charge in [-0.25, -0.2) is 0 Å². The van der Waals surface area contributed by atoms with Crippen LogP contribution in [0.4, 0.5) is 0 Å². The zero-order valence-electron chi connectivity index (χ0n) is 27.4. The summed E-state index contributed by atoms with van der Waals surface area (Å²) in [5.74, 6) is -0.161. The summed E-state index contributed by atoms with van der Waals surface area (Å²) in [6, 6.07) is 14.7. The molecule has 0 unspecified atom stereocenters. The minimum absolute atomic E-state index is 0. The van der Waals surface area contributed by atoms with Crippen LogP contribution in [0.2, 0.25) is 0 Å². The molecule has 7 nitrogen and oxygen atoms in total. The van der Waals surface area contributed by atoms with Crippen LogP contribution >= 0.6 is 0 Å². The van der Waals surface area contributed by atoms with E-state index < -0.39 is 0 Å². The van der Waals surface area contributed by atoms with Gasteiger partial charge in [0.2, 0.25) is 0 Å². The maximum atomic E-state index is 10.9. The van der Waals surface area contributed by atoms with Crippen LogP contribution in [0.5, 0.6) is 0 Å². The molecule has 1 aromatic rings. The molecule has 38 heavy (non-hydrogen) atoms. The summed E-state index contributed by atoms with van der Waals surface area (Å²) in [4.78, 5) is 9.49. The van der Waals surface area contributed by atoms with Crippen molar-refractivity contribution in [1.29, 1.82) is 0 Å². The van der Waals surface area contributed by atoms with E-state index in [1.807, 2.05) is 36.4 Å². The summed E-state index contributed by atoms with van der Waals surface area (Å²) in [5.41, 5.74) is 0.617. The molecule has 0 aliphatic heterocycles. The normalized spacial score (nSPS) is 10.3. The van der Waals surface area contributed by atoms with Gasteiger partial charge >= 0.3 is 37.7 Å². The van der Waals surface area contributed by atoms with Crippen LogP contribution in [0.25, 0.3) is 5.76 Å². The predicted molar refractivity (Wildman–Crippen MR) is 153 cm³/mol.